The highest BCUT2D eigenvalue weighted by Crippen LogP contribution is 2.07. The van der Waals surface area contributed by atoms with E-state index >= 15 is 0 Å². The summed E-state index contributed by atoms with van der Waals surface area (Å²) in [5.41, 5.74) is 5.71. The van der Waals surface area contributed by atoms with E-state index in [1.807, 2.05) is 13.8 Å². The number of carbonyl (C=O) groups is 2. The third-order valence-corrected chi connectivity index (χ3v) is 2.79. The summed E-state index contributed by atoms with van der Waals surface area (Å²) in [6.07, 6.45) is 0.786. The highest BCUT2D eigenvalue weighted by Gasteiger charge is 2.27. The molecule has 94 valence electrons. The van der Waals surface area contributed by atoms with E-state index < -0.39 is 24.0 Å². The van der Waals surface area contributed by atoms with Crippen LogP contribution in [0.1, 0.15) is 34.1 Å². The molecule has 4 N–H and O–H groups in total. The van der Waals surface area contributed by atoms with Gasteiger partial charge in [0.25, 0.3) is 0 Å². The smallest absolute Gasteiger partial charge is 0.326 e. The maximum atomic E-state index is 11.7. The van der Waals surface area contributed by atoms with E-state index in [-0.39, 0.29) is 11.8 Å². The largest absolute Gasteiger partial charge is 0.480 e. The van der Waals surface area contributed by atoms with Gasteiger partial charge in [-0.15, -0.1) is 0 Å². The average molecular weight is 230 g/mol. The van der Waals surface area contributed by atoms with Gasteiger partial charge in [0, 0.05) is 0 Å². The highest BCUT2D eigenvalue weighted by molar-refractivity contribution is 5.87. The summed E-state index contributed by atoms with van der Waals surface area (Å²) in [5.74, 6) is -1.54. The summed E-state index contributed by atoms with van der Waals surface area (Å²) >= 11 is 0. The van der Waals surface area contributed by atoms with E-state index in [4.69, 9.17) is 10.8 Å². The van der Waals surface area contributed by atoms with Gasteiger partial charge in [-0.3, -0.25) is 4.79 Å². The number of carboxylic acid groups (broad SMARTS) is 1. The number of aliphatic carboxylic acids is 1. The molecule has 16 heavy (non-hydrogen) atoms. The van der Waals surface area contributed by atoms with E-state index in [0.29, 0.717) is 0 Å². The van der Waals surface area contributed by atoms with Gasteiger partial charge in [-0.25, -0.2) is 4.79 Å². The van der Waals surface area contributed by atoms with Crippen LogP contribution in [0.5, 0.6) is 0 Å². The second-order valence-electron chi connectivity index (χ2n) is 4.48. The number of carbonyl (C=O) groups excluding carboxylic acids is 1. The minimum absolute atomic E-state index is 0.0432. The van der Waals surface area contributed by atoms with Crippen molar-refractivity contribution >= 4 is 11.9 Å². The lowest BCUT2D eigenvalue weighted by atomic mass is 9.98. The first-order valence-corrected chi connectivity index (χ1v) is 5.60. The Morgan fingerprint density at radius 1 is 1.31 bits per heavy atom. The van der Waals surface area contributed by atoms with Gasteiger partial charge in [-0.2, -0.15) is 0 Å². The molecule has 0 saturated heterocycles. The first-order chi connectivity index (χ1) is 7.31. The van der Waals surface area contributed by atoms with Gasteiger partial charge in [0.15, 0.2) is 0 Å². The molecule has 0 aromatic heterocycles. The fraction of sp³-hybridized carbons (Fsp3) is 0.818. The van der Waals surface area contributed by atoms with Crippen molar-refractivity contribution in [1.29, 1.82) is 0 Å². The zero-order valence-electron chi connectivity index (χ0n) is 10.4. The lowest BCUT2D eigenvalue weighted by molar-refractivity contribution is -0.143. The molecule has 3 atom stereocenters. The number of rotatable bonds is 6. The Bertz CT molecular complexity index is 254. The molecule has 0 aliphatic heterocycles. The minimum Gasteiger partial charge on any atom is -0.480 e. The minimum atomic E-state index is -1.03. The Morgan fingerprint density at radius 3 is 2.12 bits per heavy atom. The maximum Gasteiger partial charge on any atom is 0.326 e. The van der Waals surface area contributed by atoms with Crippen molar-refractivity contribution in [1.82, 2.24) is 5.32 Å². The topological polar surface area (TPSA) is 92.4 Å². The van der Waals surface area contributed by atoms with Crippen molar-refractivity contribution in [3.05, 3.63) is 0 Å². The molecule has 5 heteroatoms. The Kier molecular flexibility index (Phi) is 6.03. The molecular formula is C11H22N2O3. The molecule has 0 rings (SSSR count). The number of nitrogens with two attached hydrogens (primary N) is 1. The first kappa shape index (κ1) is 14.9. The molecule has 0 radical (unpaired) electrons. The zero-order chi connectivity index (χ0) is 12.9. The van der Waals surface area contributed by atoms with Crippen molar-refractivity contribution in [3.63, 3.8) is 0 Å². The zero-order valence-corrected chi connectivity index (χ0v) is 10.4. The molecule has 0 heterocycles. The monoisotopic (exact) mass is 230 g/mol. The van der Waals surface area contributed by atoms with E-state index in [1.165, 1.54) is 0 Å². The van der Waals surface area contributed by atoms with E-state index in [1.54, 1.807) is 13.8 Å². The van der Waals surface area contributed by atoms with Crippen molar-refractivity contribution in [2.45, 2.75) is 46.2 Å². The Hall–Kier alpha value is -1.10. The first-order valence-electron chi connectivity index (χ1n) is 5.60. The highest BCUT2D eigenvalue weighted by atomic mass is 16.4. The van der Waals surface area contributed by atoms with E-state index in [9.17, 15) is 9.59 Å². The molecule has 0 aliphatic rings. The molecule has 5 nitrogen and oxygen atoms in total. The van der Waals surface area contributed by atoms with Gasteiger partial charge in [-0.05, 0) is 11.8 Å². The Morgan fingerprint density at radius 2 is 1.81 bits per heavy atom. The van der Waals surface area contributed by atoms with Gasteiger partial charge < -0.3 is 16.2 Å². The van der Waals surface area contributed by atoms with Crippen LogP contribution in [0.4, 0.5) is 0 Å². The van der Waals surface area contributed by atoms with Crippen LogP contribution in [0.15, 0.2) is 0 Å². The van der Waals surface area contributed by atoms with Crippen LogP contribution < -0.4 is 11.1 Å². The van der Waals surface area contributed by atoms with Crippen molar-refractivity contribution in [3.8, 4) is 0 Å². The quantitative estimate of drug-likeness (QED) is 0.622. The van der Waals surface area contributed by atoms with Crippen LogP contribution in [-0.2, 0) is 9.59 Å². The number of hydrogen-bond acceptors (Lipinski definition) is 3. The molecule has 0 aromatic carbocycles. The van der Waals surface area contributed by atoms with Crippen LogP contribution in [0.25, 0.3) is 0 Å². The third-order valence-electron chi connectivity index (χ3n) is 2.79. The van der Waals surface area contributed by atoms with Gasteiger partial charge in [0.05, 0.1) is 6.04 Å². The Labute approximate surface area is 96.4 Å². The van der Waals surface area contributed by atoms with Crippen molar-refractivity contribution in [2.75, 3.05) is 0 Å². The van der Waals surface area contributed by atoms with Crippen LogP contribution >= 0.6 is 0 Å². The van der Waals surface area contributed by atoms with Gasteiger partial charge in [-0.1, -0.05) is 34.1 Å². The molecule has 0 aliphatic carbocycles. The number of carboxylic acids is 1. The molecule has 0 spiro atoms. The summed E-state index contributed by atoms with van der Waals surface area (Å²) in [7, 11) is 0. The second-order valence-corrected chi connectivity index (χ2v) is 4.48. The van der Waals surface area contributed by atoms with Crippen molar-refractivity contribution in [2.24, 2.45) is 17.6 Å². The van der Waals surface area contributed by atoms with Gasteiger partial charge >= 0.3 is 5.97 Å². The van der Waals surface area contributed by atoms with E-state index in [0.717, 1.165) is 6.42 Å². The Balaban J connectivity index is 4.46. The van der Waals surface area contributed by atoms with Crippen LogP contribution in [0.2, 0.25) is 0 Å². The van der Waals surface area contributed by atoms with Crippen LogP contribution in [0.3, 0.4) is 0 Å². The number of nitrogens with one attached hydrogen (secondary N) is 1. The van der Waals surface area contributed by atoms with Crippen molar-refractivity contribution < 1.29 is 14.7 Å². The summed E-state index contributed by atoms with van der Waals surface area (Å²) in [6.45, 7) is 7.30. The number of amides is 1. The summed E-state index contributed by atoms with van der Waals surface area (Å²) in [6, 6.07) is -1.52. The second kappa shape index (κ2) is 6.48. The maximum absolute atomic E-state index is 11.7. The summed E-state index contributed by atoms with van der Waals surface area (Å²) in [4.78, 5) is 22.5. The SMILES string of the molecule is CC[C@H](C)[C@H](N)C(=O)N[C@@H](C(=O)O)C(C)C. The summed E-state index contributed by atoms with van der Waals surface area (Å²) < 4.78 is 0. The number of hydrogen-bond donors (Lipinski definition) is 3. The normalized spacial score (nSPS) is 16.6. The van der Waals surface area contributed by atoms with Gasteiger partial charge in [0.2, 0.25) is 5.91 Å². The predicted octanol–water partition coefficient (Wildman–Crippen LogP) is 0.585. The predicted molar refractivity (Wildman–Crippen MR) is 61.8 cm³/mol. The molecule has 0 saturated carbocycles. The van der Waals surface area contributed by atoms with Gasteiger partial charge in [0.1, 0.15) is 6.04 Å². The molecule has 0 unspecified atom stereocenters. The lowest BCUT2D eigenvalue weighted by Crippen LogP contribution is -2.52. The summed E-state index contributed by atoms with van der Waals surface area (Å²) in [5, 5.41) is 11.4. The van der Waals surface area contributed by atoms with E-state index in [2.05, 4.69) is 5.32 Å². The molecule has 0 fully saturated rings. The third kappa shape index (κ3) is 4.18. The molecule has 0 aromatic rings. The molecule has 0 bridgehead atoms. The average Bonchev–Trinajstić information content (AvgIpc) is 2.22. The fourth-order valence-electron chi connectivity index (χ4n) is 1.28. The molecular weight excluding hydrogens is 208 g/mol. The fourth-order valence-corrected chi connectivity index (χ4v) is 1.28. The molecule has 1 amide bonds. The van der Waals surface area contributed by atoms with Crippen LogP contribution in [-0.4, -0.2) is 29.1 Å². The lowest BCUT2D eigenvalue weighted by Gasteiger charge is -2.23. The standard InChI is InChI=1S/C11H22N2O3/c1-5-7(4)8(12)10(14)13-9(6(2)3)11(15)16/h6-9H,5,12H2,1-4H3,(H,13,14)(H,15,16)/t7-,8-,9+/m0/s1. The van der Waals surface area contributed by atoms with Crippen LogP contribution in [0, 0.1) is 11.8 Å².